The largest absolute Gasteiger partial charge is 0.369 e. The van der Waals surface area contributed by atoms with Crippen molar-refractivity contribution in [1.29, 1.82) is 0 Å². The van der Waals surface area contributed by atoms with Gasteiger partial charge in [0.1, 0.15) is 0 Å². The summed E-state index contributed by atoms with van der Waals surface area (Å²) in [6.07, 6.45) is 4.11. The lowest BCUT2D eigenvalue weighted by molar-refractivity contribution is -0.385. The Morgan fingerprint density at radius 2 is 2.20 bits per heavy atom. The fourth-order valence-corrected chi connectivity index (χ4v) is 3.29. The highest BCUT2D eigenvalue weighted by Gasteiger charge is 2.30. The molecule has 2 heterocycles. The van der Waals surface area contributed by atoms with Crippen LogP contribution in [0.4, 0.5) is 11.4 Å². The zero-order valence-electron chi connectivity index (χ0n) is 11.5. The van der Waals surface area contributed by atoms with Gasteiger partial charge in [-0.3, -0.25) is 15.0 Å². The Morgan fingerprint density at radius 3 is 2.95 bits per heavy atom. The third-order valence-electron chi connectivity index (χ3n) is 4.38. The molecular weight excluding hydrogens is 254 g/mol. The van der Waals surface area contributed by atoms with Crippen LogP contribution in [-0.4, -0.2) is 42.0 Å². The molecule has 0 spiro atoms. The molecule has 2 aliphatic rings. The van der Waals surface area contributed by atoms with Gasteiger partial charge in [-0.1, -0.05) is 12.7 Å². The Hall–Kier alpha value is -1.88. The monoisotopic (exact) mass is 273 g/mol. The Labute approximate surface area is 118 Å². The van der Waals surface area contributed by atoms with Gasteiger partial charge in [-0.15, -0.1) is 0 Å². The van der Waals surface area contributed by atoms with Gasteiger partial charge in [-0.05, 0) is 31.5 Å². The van der Waals surface area contributed by atoms with E-state index in [9.17, 15) is 10.1 Å². The van der Waals surface area contributed by atoms with E-state index in [1.54, 1.807) is 12.1 Å². The van der Waals surface area contributed by atoms with Crippen molar-refractivity contribution in [1.82, 2.24) is 4.90 Å². The van der Waals surface area contributed by atoms with Gasteiger partial charge in [0, 0.05) is 37.4 Å². The van der Waals surface area contributed by atoms with Gasteiger partial charge in [0.25, 0.3) is 5.69 Å². The molecule has 0 amide bonds. The van der Waals surface area contributed by atoms with Gasteiger partial charge in [0.05, 0.1) is 10.5 Å². The lowest BCUT2D eigenvalue weighted by Crippen LogP contribution is -2.50. The van der Waals surface area contributed by atoms with Crippen LogP contribution in [0.15, 0.2) is 24.8 Å². The first kappa shape index (κ1) is 13.1. The second-order valence-corrected chi connectivity index (χ2v) is 5.48. The van der Waals surface area contributed by atoms with Crippen LogP contribution in [0.25, 0.3) is 6.08 Å². The summed E-state index contributed by atoms with van der Waals surface area (Å²) in [5, 5.41) is 11.0. The number of hydrogen-bond donors (Lipinski definition) is 0. The molecule has 1 aromatic carbocycles. The van der Waals surface area contributed by atoms with Crippen LogP contribution in [0.3, 0.4) is 0 Å². The van der Waals surface area contributed by atoms with E-state index < -0.39 is 0 Å². The van der Waals surface area contributed by atoms with Crippen molar-refractivity contribution >= 4 is 17.5 Å². The van der Waals surface area contributed by atoms with Crippen molar-refractivity contribution < 1.29 is 4.92 Å². The van der Waals surface area contributed by atoms with Crippen LogP contribution in [0, 0.1) is 10.1 Å². The predicted octanol–water partition coefficient (Wildman–Crippen LogP) is 2.52. The van der Waals surface area contributed by atoms with Crippen molar-refractivity contribution in [2.45, 2.75) is 18.9 Å². The molecule has 1 aromatic rings. The topological polar surface area (TPSA) is 49.6 Å². The van der Waals surface area contributed by atoms with Gasteiger partial charge >= 0.3 is 0 Å². The van der Waals surface area contributed by atoms with E-state index in [2.05, 4.69) is 16.4 Å². The highest BCUT2D eigenvalue weighted by molar-refractivity contribution is 5.66. The maximum atomic E-state index is 11.0. The minimum absolute atomic E-state index is 0.128. The molecule has 5 heteroatoms. The highest BCUT2D eigenvalue weighted by atomic mass is 16.6. The SMILES string of the molecule is C=Cc1cc(N2CCN3CCCC3C2)ccc1[N+](=O)[O-]. The maximum absolute atomic E-state index is 11.0. The summed E-state index contributed by atoms with van der Waals surface area (Å²) in [6.45, 7) is 8.00. The number of nitro groups is 1. The van der Waals surface area contributed by atoms with Crippen molar-refractivity contribution in [2.75, 3.05) is 31.1 Å². The third-order valence-corrected chi connectivity index (χ3v) is 4.38. The van der Waals surface area contributed by atoms with Gasteiger partial charge in [0.15, 0.2) is 0 Å². The molecule has 0 aromatic heterocycles. The Kier molecular flexibility index (Phi) is 3.44. The molecule has 106 valence electrons. The first-order valence-electron chi connectivity index (χ1n) is 7.09. The Bertz CT molecular complexity index is 544. The van der Waals surface area contributed by atoms with Crippen molar-refractivity contribution in [2.24, 2.45) is 0 Å². The summed E-state index contributed by atoms with van der Waals surface area (Å²) in [5.41, 5.74) is 1.79. The highest BCUT2D eigenvalue weighted by Crippen LogP contribution is 2.29. The van der Waals surface area contributed by atoms with Crippen LogP contribution >= 0.6 is 0 Å². The number of rotatable bonds is 3. The zero-order chi connectivity index (χ0) is 14.1. The maximum Gasteiger partial charge on any atom is 0.276 e. The minimum atomic E-state index is -0.351. The molecule has 1 unspecified atom stereocenters. The number of piperazine rings is 1. The molecule has 3 rings (SSSR count). The van der Waals surface area contributed by atoms with Crippen LogP contribution in [0.2, 0.25) is 0 Å². The zero-order valence-corrected chi connectivity index (χ0v) is 11.5. The molecule has 0 N–H and O–H groups in total. The standard InChI is InChI=1S/C15H19N3O2/c1-2-12-10-13(5-6-15(12)18(19)20)17-9-8-16-7-3-4-14(16)11-17/h2,5-6,10,14H,1,3-4,7-9,11H2. The van der Waals surface area contributed by atoms with Crippen LogP contribution in [0.5, 0.6) is 0 Å². The van der Waals surface area contributed by atoms with Gasteiger partial charge in [0.2, 0.25) is 0 Å². The Balaban J connectivity index is 1.83. The van der Waals surface area contributed by atoms with E-state index in [0.29, 0.717) is 11.6 Å². The summed E-state index contributed by atoms with van der Waals surface area (Å²) in [5.74, 6) is 0. The van der Waals surface area contributed by atoms with Crippen LogP contribution < -0.4 is 4.90 Å². The minimum Gasteiger partial charge on any atom is -0.369 e. The fourth-order valence-electron chi connectivity index (χ4n) is 3.29. The van der Waals surface area contributed by atoms with E-state index in [-0.39, 0.29) is 10.6 Å². The number of hydrogen-bond acceptors (Lipinski definition) is 4. The number of benzene rings is 1. The van der Waals surface area contributed by atoms with Crippen LogP contribution in [0.1, 0.15) is 18.4 Å². The first-order valence-corrected chi connectivity index (χ1v) is 7.09. The van der Waals surface area contributed by atoms with Crippen LogP contribution in [-0.2, 0) is 0 Å². The number of fused-ring (bicyclic) bond motifs is 1. The number of anilines is 1. The molecular formula is C15H19N3O2. The second kappa shape index (κ2) is 5.25. The first-order chi connectivity index (χ1) is 9.69. The van der Waals surface area contributed by atoms with Gasteiger partial charge in [-0.2, -0.15) is 0 Å². The van der Waals surface area contributed by atoms with E-state index in [4.69, 9.17) is 0 Å². The summed E-state index contributed by atoms with van der Waals surface area (Å²) in [7, 11) is 0. The average Bonchev–Trinajstić information content (AvgIpc) is 2.93. The molecule has 0 bridgehead atoms. The molecule has 2 saturated heterocycles. The summed E-state index contributed by atoms with van der Waals surface area (Å²) >= 11 is 0. The average molecular weight is 273 g/mol. The third kappa shape index (κ3) is 2.29. The van der Waals surface area contributed by atoms with E-state index in [1.807, 2.05) is 12.1 Å². The molecule has 20 heavy (non-hydrogen) atoms. The fraction of sp³-hybridized carbons (Fsp3) is 0.467. The normalized spacial score (nSPS) is 22.6. The second-order valence-electron chi connectivity index (χ2n) is 5.48. The summed E-state index contributed by atoms with van der Waals surface area (Å²) in [4.78, 5) is 15.5. The van der Waals surface area contributed by atoms with Crippen molar-refractivity contribution in [3.63, 3.8) is 0 Å². The number of nitrogens with zero attached hydrogens (tertiary/aromatic N) is 3. The molecule has 0 radical (unpaired) electrons. The quantitative estimate of drug-likeness (QED) is 0.627. The summed E-state index contributed by atoms with van der Waals surface area (Å²) in [6, 6.07) is 5.98. The van der Waals surface area contributed by atoms with E-state index >= 15 is 0 Å². The van der Waals surface area contributed by atoms with E-state index in [1.165, 1.54) is 19.4 Å². The lowest BCUT2D eigenvalue weighted by Gasteiger charge is -2.38. The van der Waals surface area contributed by atoms with Gasteiger partial charge in [-0.25, -0.2) is 0 Å². The predicted molar refractivity (Wildman–Crippen MR) is 80.0 cm³/mol. The Morgan fingerprint density at radius 1 is 1.35 bits per heavy atom. The van der Waals surface area contributed by atoms with Crippen molar-refractivity contribution in [3.05, 3.63) is 40.5 Å². The molecule has 0 saturated carbocycles. The molecule has 0 aliphatic carbocycles. The molecule has 1 atom stereocenters. The van der Waals surface area contributed by atoms with Gasteiger partial charge < -0.3 is 4.90 Å². The molecule has 5 nitrogen and oxygen atoms in total. The molecule has 2 fully saturated rings. The lowest BCUT2D eigenvalue weighted by atomic mass is 10.1. The number of nitro benzene ring substituents is 1. The van der Waals surface area contributed by atoms with Crippen molar-refractivity contribution in [3.8, 4) is 0 Å². The summed E-state index contributed by atoms with van der Waals surface area (Å²) < 4.78 is 0. The molecule has 2 aliphatic heterocycles. The smallest absolute Gasteiger partial charge is 0.276 e. The van der Waals surface area contributed by atoms with E-state index in [0.717, 1.165) is 25.3 Å².